The van der Waals surface area contributed by atoms with Gasteiger partial charge in [0.15, 0.2) is 0 Å². The number of hydrazone groups is 1. The molecule has 1 heterocycles. The van der Waals surface area contributed by atoms with Crippen LogP contribution in [0.25, 0.3) is 0 Å². The van der Waals surface area contributed by atoms with E-state index in [4.69, 9.17) is 16.1 Å². The summed E-state index contributed by atoms with van der Waals surface area (Å²) in [5.41, 5.74) is 1.95. The Kier molecular flexibility index (Phi) is 6.64. The Morgan fingerprint density at radius 2 is 1.50 bits per heavy atom. The smallest absolute Gasteiger partial charge is 0.335 e. The number of carboxylic acids is 2. The maximum atomic E-state index is 13.0. The summed E-state index contributed by atoms with van der Waals surface area (Å²) >= 11 is 0. The second-order valence-corrected chi connectivity index (χ2v) is 7.45. The highest BCUT2D eigenvalue weighted by molar-refractivity contribution is 6.30. The van der Waals surface area contributed by atoms with Gasteiger partial charge >= 0.3 is 11.9 Å². The van der Waals surface area contributed by atoms with Crippen molar-refractivity contribution in [2.24, 2.45) is 10.9 Å². The molecule has 0 aliphatic carbocycles. The van der Waals surface area contributed by atoms with Crippen molar-refractivity contribution in [3.8, 4) is 0 Å². The Labute approximate surface area is 194 Å². The van der Waals surface area contributed by atoms with E-state index in [9.17, 15) is 19.5 Å². The Morgan fingerprint density at radius 3 is 1.97 bits per heavy atom. The van der Waals surface area contributed by atoms with Crippen LogP contribution in [0.4, 0.5) is 11.4 Å². The van der Waals surface area contributed by atoms with Crippen LogP contribution in [0.2, 0.25) is 0 Å². The molecule has 174 valence electrons. The van der Waals surface area contributed by atoms with Gasteiger partial charge in [0.05, 0.1) is 33.8 Å². The number of carbonyl (C=O) groups excluding carboxylic acids is 1. The first-order chi connectivity index (χ1) is 16.0. The van der Waals surface area contributed by atoms with E-state index in [1.54, 1.807) is 13.8 Å². The largest absolute Gasteiger partial charge is 0.493 e. The fraction of sp³-hybridized carbons (Fsp3) is 0.0833. The maximum absolute atomic E-state index is 13.0. The minimum atomic E-state index is -1.10. The number of aliphatic hydroxyl groups excluding tert-OH is 1. The molecular weight excluding hydrogens is 440 g/mol. The summed E-state index contributed by atoms with van der Waals surface area (Å²) in [6.45, 7) is 7.08. The molecule has 3 rings (SSSR count). The average molecular weight is 462 g/mol. The molecule has 1 aliphatic heterocycles. The molecule has 5 N–H and O–H groups in total. The molecule has 0 fully saturated rings. The monoisotopic (exact) mass is 462 g/mol. The third-order valence-electron chi connectivity index (χ3n) is 5.03. The third-order valence-corrected chi connectivity index (χ3v) is 5.03. The van der Waals surface area contributed by atoms with E-state index in [0.717, 1.165) is 10.0 Å². The van der Waals surface area contributed by atoms with Gasteiger partial charge in [-0.3, -0.25) is 4.79 Å². The topological polar surface area (TPSA) is 157 Å². The van der Waals surface area contributed by atoms with Crippen molar-refractivity contribution in [3.05, 3.63) is 94.9 Å². The highest BCUT2D eigenvalue weighted by Gasteiger charge is 2.30. The Hall–Kier alpha value is -4.70. The van der Waals surface area contributed by atoms with Crippen LogP contribution >= 0.6 is 0 Å². The summed E-state index contributed by atoms with van der Waals surface area (Å²) in [7, 11) is 0. The SMILES string of the molecule is C=C(C)C(/C=C1\C(=O)N(c2ccc(C(=O)O)cc2)N=C1C)=C(/O)N(N)c1ccc(C(=O)O)cc1. The lowest BCUT2D eigenvalue weighted by Gasteiger charge is -2.20. The van der Waals surface area contributed by atoms with Crippen LogP contribution in [0.1, 0.15) is 34.6 Å². The number of allylic oxidation sites excluding steroid dienone is 3. The van der Waals surface area contributed by atoms with Crippen LogP contribution in [0.3, 0.4) is 0 Å². The van der Waals surface area contributed by atoms with E-state index < -0.39 is 23.7 Å². The zero-order valence-corrected chi connectivity index (χ0v) is 18.4. The van der Waals surface area contributed by atoms with E-state index >= 15 is 0 Å². The number of nitrogens with zero attached hydrogens (tertiary/aromatic N) is 3. The number of carbonyl (C=O) groups is 3. The first-order valence-corrected chi connectivity index (χ1v) is 9.93. The van der Waals surface area contributed by atoms with Gasteiger partial charge in [-0.1, -0.05) is 6.58 Å². The van der Waals surface area contributed by atoms with Crippen LogP contribution in [0.15, 0.2) is 88.9 Å². The molecular formula is C24H22N4O6. The number of carboxylic acid groups (broad SMARTS) is 2. The zero-order chi connectivity index (χ0) is 25.2. The van der Waals surface area contributed by atoms with Crippen molar-refractivity contribution in [1.29, 1.82) is 0 Å². The molecule has 10 heteroatoms. The Morgan fingerprint density at radius 1 is 1.00 bits per heavy atom. The lowest BCUT2D eigenvalue weighted by Crippen LogP contribution is -2.31. The summed E-state index contributed by atoms with van der Waals surface area (Å²) in [4.78, 5) is 35.2. The van der Waals surface area contributed by atoms with Gasteiger partial charge in [0.25, 0.3) is 5.91 Å². The number of hydrogen-bond donors (Lipinski definition) is 4. The van der Waals surface area contributed by atoms with Gasteiger partial charge in [-0.05, 0) is 74.0 Å². The van der Waals surface area contributed by atoms with Crippen molar-refractivity contribution in [2.75, 3.05) is 10.0 Å². The van der Waals surface area contributed by atoms with Crippen molar-refractivity contribution < 1.29 is 29.7 Å². The van der Waals surface area contributed by atoms with Crippen molar-refractivity contribution in [2.45, 2.75) is 13.8 Å². The molecule has 10 nitrogen and oxygen atoms in total. The first-order valence-electron chi connectivity index (χ1n) is 9.93. The molecule has 0 bridgehead atoms. The number of aromatic carboxylic acids is 2. The van der Waals surface area contributed by atoms with Gasteiger partial charge < -0.3 is 15.3 Å². The fourth-order valence-corrected chi connectivity index (χ4v) is 3.14. The highest BCUT2D eigenvalue weighted by Crippen LogP contribution is 2.27. The number of nitrogens with two attached hydrogens (primary N) is 1. The molecule has 0 unspecified atom stereocenters. The van der Waals surface area contributed by atoms with Crippen LogP contribution in [0.5, 0.6) is 0 Å². The molecule has 0 radical (unpaired) electrons. The summed E-state index contributed by atoms with van der Waals surface area (Å²) in [6, 6.07) is 11.2. The normalized spacial score (nSPS) is 15.1. The second kappa shape index (κ2) is 9.43. The molecule has 0 saturated carbocycles. The van der Waals surface area contributed by atoms with Crippen molar-refractivity contribution >= 4 is 34.9 Å². The summed E-state index contributed by atoms with van der Waals surface area (Å²) in [5, 5.41) is 35.2. The Bertz CT molecular complexity index is 1270. The quantitative estimate of drug-likeness (QED) is 0.160. The molecule has 2 aromatic carbocycles. The van der Waals surface area contributed by atoms with Gasteiger partial charge in [0, 0.05) is 5.57 Å². The van der Waals surface area contributed by atoms with Crippen molar-refractivity contribution in [3.63, 3.8) is 0 Å². The summed E-state index contributed by atoms with van der Waals surface area (Å²) in [6.07, 6.45) is 1.41. The average Bonchev–Trinajstić information content (AvgIpc) is 3.09. The summed E-state index contributed by atoms with van der Waals surface area (Å²) in [5.74, 6) is 2.96. The predicted molar refractivity (Wildman–Crippen MR) is 127 cm³/mol. The lowest BCUT2D eigenvalue weighted by atomic mass is 10.0. The van der Waals surface area contributed by atoms with E-state index in [2.05, 4.69) is 11.7 Å². The highest BCUT2D eigenvalue weighted by atomic mass is 16.4. The van der Waals surface area contributed by atoms with Gasteiger partial charge in [-0.25, -0.2) is 20.4 Å². The third kappa shape index (κ3) is 4.71. The van der Waals surface area contributed by atoms with E-state index in [0.29, 0.717) is 22.7 Å². The van der Waals surface area contributed by atoms with E-state index in [1.807, 2.05) is 0 Å². The first kappa shape index (κ1) is 24.0. The number of anilines is 2. The minimum absolute atomic E-state index is 0.0581. The molecule has 0 aromatic heterocycles. The number of hydrazine groups is 1. The summed E-state index contributed by atoms with van der Waals surface area (Å²) < 4.78 is 0. The van der Waals surface area contributed by atoms with Gasteiger partial charge in [-0.2, -0.15) is 10.1 Å². The fourth-order valence-electron chi connectivity index (χ4n) is 3.14. The molecule has 34 heavy (non-hydrogen) atoms. The number of aliphatic hydroxyl groups is 1. The van der Waals surface area contributed by atoms with Gasteiger partial charge in [0.2, 0.25) is 5.88 Å². The van der Waals surface area contributed by atoms with Crippen LogP contribution in [-0.2, 0) is 4.79 Å². The predicted octanol–water partition coefficient (Wildman–Crippen LogP) is 3.46. The minimum Gasteiger partial charge on any atom is -0.493 e. The van der Waals surface area contributed by atoms with Crippen LogP contribution < -0.4 is 15.9 Å². The lowest BCUT2D eigenvalue weighted by molar-refractivity contribution is -0.114. The number of hydrogen-bond acceptors (Lipinski definition) is 7. The van der Waals surface area contributed by atoms with Crippen LogP contribution in [0, 0.1) is 0 Å². The van der Waals surface area contributed by atoms with Crippen LogP contribution in [-0.4, -0.2) is 38.9 Å². The molecule has 1 aliphatic rings. The number of amides is 1. The standard InChI is InChI=1S/C24H22N4O6/c1-13(2)19(21(29)27(25)17-8-4-15(5-9-17)23(31)32)12-20-14(3)26-28(22(20)30)18-10-6-16(7-11-18)24(33)34/h4-12,29H,1,25H2,2-3H3,(H,31,32)(H,33,34)/b20-12-,21-19+. The zero-order valence-electron chi connectivity index (χ0n) is 18.4. The molecule has 1 amide bonds. The maximum Gasteiger partial charge on any atom is 0.335 e. The van der Waals surface area contributed by atoms with Gasteiger partial charge in [0.1, 0.15) is 0 Å². The Balaban J connectivity index is 1.95. The van der Waals surface area contributed by atoms with E-state index in [-0.39, 0.29) is 22.3 Å². The molecule has 0 saturated heterocycles. The van der Waals surface area contributed by atoms with Gasteiger partial charge in [-0.15, -0.1) is 0 Å². The molecule has 0 atom stereocenters. The number of rotatable bonds is 7. The molecule has 2 aromatic rings. The number of benzene rings is 2. The van der Waals surface area contributed by atoms with E-state index in [1.165, 1.54) is 54.6 Å². The second-order valence-electron chi connectivity index (χ2n) is 7.45. The molecule has 0 spiro atoms. The van der Waals surface area contributed by atoms with Crippen molar-refractivity contribution in [1.82, 2.24) is 0 Å².